The van der Waals surface area contributed by atoms with Gasteiger partial charge in [-0.05, 0) is 17.9 Å². The first kappa shape index (κ1) is 13.5. The molecule has 0 amide bonds. The number of hydrogen-bond donors (Lipinski definition) is 0. The number of allylic oxidation sites excluding steroid dienone is 1. The Kier molecular flexibility index (Phi) is 5.47. The molecule has 0 saturated carbocycles. The topological polar surface area (TPSA) is 26.3 Å². The molecule has 0 saturated heterocycles. The Morgan fingerprint density at radius 1 is 1.35 bits per heavy atom. The van der Waals surface area contributed by atoms with Crippen LogP contribution in [0.1, 0.15) is 38.4 Å². The lowest BCUT2D eigenvalue weighted by Crippen LogP contribution is -2.16. The van der Waals surface area contributed by atoms with Gasteiger partial charge in [0.05, 0.1) is 0 Å². The van der Waals surface area contributed by atoms with Crippen LogP contribution in [0, 0.1) is 5.92 Å². The van der Waals surface area contributed by atoms with Crippen LogP contribution >= 0.6 is 0 Å². The molecule has 2 nitrogen and oxygen atoms in total. The molecule has 1 aromatic rings. The monoisotopic (exact) mass is 232 g/mol. The molecule has 0 N–H and O–H groups in total. The highest BCUT2D eigenvalue weighted by molar-refractivity contribution is 5.69. The summed E-state index contributed by atoms with van der Waals surface area (Å²) >= 11 is 0. The Morgan fingerprint density at radius 3 is 2.53 bits per heavy atom. The Hall–Kier alpha value is -1.57. The lowest BCUT2D eigenvalue weighted by molar-refractivity contribution is -0.151. The molecule has 1 aromatic carbocycles. The maximum atomic E-state index is 11.6. The van der Waals surface area contributed by atoms with Gasteiger partial charge in [-0.1, -0.05) is 50.3 Å². The fourth-order valence-electron chi connectivity index (χ4n) is 1.65. The van der Waals surface area contributed by atoms with Gasteiger partial charge in [0.25, 0.3) is 0 Å². The van der Waals surface area contributed by atoms with Crippen molar-refractivity contribution in [1.29, 1.82) is 0 Å². The zero-order valence-electron chi connectivity index (χ0n) is 10.6. The third-order valence-electron chi connectivity index (χ3n) is 2.54. The van der Waals surface area contributed by atoms with E-state index in [4.69, 9.17) is 4.74 Å². The molecule has 1 unspecified atom stereocenters. The standard InChI is InChI=1S/C15H20O2/c1-4-5-11-14(16)17-15(12(2)3)13-9-7-6-8-10-13/h4,6-10,12,15H,1,5,11H2,2-3H3. The predicted molar refractivity (Wildman–Crippen MR) is 69.5 cm³/mol. The molecule has 0 heterocycles. The minimum absolute atomic E-state index is 0.159. The summed E-state index contributed by atoms with van der Waals surface area (Å²) in [6.45, 7) is 7.71. The number of esters is 1. The van der Waals surface area contributed by atoms with Gasteiger partial charge in [0.2, 0.25) is 0 Å². The summed E-state index contributed by atoms with van der Waals surface area (Å²) in [5.74, 6) is 0.109. The molecule has 0 aliphatic heterocycles. The number of rotatable bonds is 6. The second kappa shape index (κ2) is 6.89. The van der Waals surface area contributed by atoms with Gasteiger partial charge in [0.1, 0.15) is 6.10 Å². The third kappa shape index (κ3) is 4.43. The Morgan fingerprint density at radius 2 is 2.00 bits per heavy atom. The molecule has 0 spiro atoms. The van der Waals surface area contributed by atoms with Crippen LogP contribution in [0.5, 0.6) is 0 Å². The van der Waals surface area contributed by atoms with Crippen LogP contribution in [0.3, 0.4) is 0 Å². The minimum atomic E-state index is -0.160. The van der Waals surface area contributed by atoms with Crippen molar-refractivity contribution in [3.05, 3.63) is 48.6 Å². The first-order valence-electron chi connectivity index (χ1n) is 6.00. The van der Waals surface area contributed by atoms with Gasteiger partial charge >= 0.3 is 5.97 Å². The van der Waals surface area contributed by atoms with Crippen LogP contribution in [-0.4, -0.2) is 5.97 Å². The Balaban J connectivity index is 2.68. The van der Waals surface area contributed by atoms with E-state index in [1.165, 1.54) is 0 Å². The molecule has 0 aliphatic rings. The van der Waals surface area contributed by atoms with Gasteiger partial charge in [0, 0.05) is 6.42 Å². The molecule has 1 atom stereocenters. The van der Waals surface area contributed by atoms with E-state index in [2.05, 4.69) is 20.4 Å². The zero-order valence-corrected chi connectivity index (χ0v) is 10.6. The van der Waals surface area contributed by atoms with Crippen molar-refractivity contribution in [3.63, 3.8) is 0 Å². The van der Waals surface area contributed by atoms with Crippen LogP contribution < -0.4 is 0 Å². The van der Waals surface area contributed by atoms with Crippen LogP contribution in [0.4, 0.5) is 0 Å². The van der Waals surface area contributed by atoms with Crippen LogP contribution in [0.2, 0.25) is 0 Å². The van der Waals surface area contributed by atoms with Crippen molar-refractivity contribution in [3.8, 4) is 0 Å². The van der Waals surface area contributed by atoms with Crippen LogP contribution in [0.15, 0.2) is 43.0 Å². The first-order chi connectivity index (χ1) is 8.15. The van der Waals surface area contributed by atoms with Gasteiger partial charge in [0.15, 0.2) is 0 Å². The van der Waals surface area contributed by atoms with Gasteiger partial charge in [-0.25, -0.2) is 0 Å². The van der Waals surface area contributed by atoms with Gasteiger partial charge < -0.3 is 4.74 Å². The van der Waals surface area contributed by atoms with Crippen molar-refractivity contribution < 1.29 is 9.53 Å². The third-order valence-corrected chi connectivity index (χ3v) is 2.54. The van der Waals surface area contributed by atoms with Crippen molar-refractivity contribution in [2.75, 3.05) is 0 Å². The zero-order chi connectivity index (χ0) is 12.7. The van der Waals surface area contributed by atoms with Gasteiger partial charge in [-0.3, -0.25) is 4.79 Å². The van der Waals surface area contributed by atoms with Crippen molar-refractivity contribution in [2.24, 2.45) is 5.92 Å². The lowest BCUT2D eigenvalue weighted by atomic mass is 9.99. The maximum absolute atomic E-state index is 11.6. The first-order valence-corrected chi connectivity index (χ1v) is 6.00. The van der Waals surface area contributed by atoms with Gasteiger partial charge in [-0.2, -0.15) is 0 Å². The van der Waals surface area contributed by atoms with E-state index in [-0.39, 0.29) is 18.0 Å². The normalized spacial score (nSPS) is 12.2. The summed E-state index contributed by atoms with van der Waals surface area (Å²) in [6, 6.07) is 9.86. The number of benzene rings is 1. The lowest BCUT2D eigenvalue weighted by Gasteiger charge is -2.21. The molecule has 0 radical (unpaired) electrons. The van der Waals surface area contributed by atoms with E-state index < -0.39 is 0 Å². The highest BCUT2D eigenvalue weighted by atomic mass is 16.5. The molecule has 17 heavy (non-hydrogen) atoms. The number of ether oxygens (including phenoxy) is 1. The fraction of sp³-hybridized carbons (Fsp3) is 0.400. The average Bonchev–Trinajstić information content (AvgIpc) is 2.34. The van der Waals surface area contributed by atoms with E-state index in [9.17, 15) is 4.79 Å². The summed E-state index contributed by atoms with van der Waals surface area (Å²) in [5.41, 5.74) is 1.05. The fourth-order valence-corrected chi connectivity index (χ4v) is 1.65. The van der Waals surface area contributed by atoms with E-state index in [1.54, 1.807) is 6.08 Å². The van der Waals surface area contributed by atoms with E-state index in [0.717, 1.165) is 5.56 Å². The summed E-state index contributed by atoms with van der Waals surface area (Å²) < 4.78 is 5.51. The molecule has 0 aliphatic carbocycles. The summed E-state index contributed by atoms with van der Waals surface area (Å²) in [6.07, 6.45) is 2.64. The van der Waals surface area contributed by atoms with E-state index in [1.807, 2.05) is 30.3 Å². The molecule has 0 bridgehead atoms. The van der Waals surface area contributed by atoms with Crippen LogP contribution in [0.25, 0.3) is 0 Å². The van der Waals surface area contributed by atoms with E-state index in [0.29, 0.717) is 12.8 Å². The smallest absolute Gasteiger partial charge is 0.306 e. The van der Waals surface area contributed by atoms with Crippen molar-refractivity contribution >= 4 is 5.97 Å². The summed E-state index contributed by atoms with van der Waals surface area (Å²) in [7, 11) is 0. The molecule has 2 heteroatoms. The molecule has 92 valence electrons. The largest absolute Gasteiger partial charge is 0.457 e. The molecular formula is C15H20O2. The molecule has 0 aromatic heterocycles. The Labute approximate surface area is 103 Å². The van der Waals surface area contributed by atoms with Gasteiger partial charge in [-0.15, -0.1) is 6.58 Å². The van der Waals surface area contributed by atoms with Crippen molar-refractivity contribution in [2.45, 2.75) is 32.8 Å². The number of hydrogen-bond acceptors (Lipinski definition) is 2. The highest BCUT2D eigenvalue weighted by Gasteiger charge is 2.19. The molecule has 1 rings (SSSR count). The van der Waals surface area contributed by atoms with Crippen molar-refractivity contribution in [1.82, 2.24) is 0 Å². The minimum Gasteiger partial charge on any atom is -0.457 e. The average molecular weight is 232 g/mol. The molecule has 0 fully saturated rings. The maximum Gasteiger partial charge on any atom is 0.306 e. The predicted octanol–water partition coefficient (Wildman–Crippen LogP) is 3.89. The number of carbonyl (C=O) groups excluding carboxylic acids is 1. The molecular weight excluding hydrogens is 212 g/mol. The second-order valence-electron chi connectivity index (χ2n) is 4.39. The second-order valence-corrected chi connectivity index (χ2v) is 4.39. The van der Waals surface area contributed by atoms with Crippen LogP contribution in [-0.2, 0) is 9.53 Å². The summed E-state index contributed by atoms with van der Waals surface area (Å²) in [5, 5.41) is 0. The highest BCUT2D eigenvalue weighted by Crippen LogP contribution is 2.26. The number of carbonyl (C=O) groups is 1. The summed E-state index contributed by atoms with van der Waals surface area (Å²) in [4.78, 5) is 11.6. The Bertz CT molecular complexity index is 354. The van der Waals surface area contributed by atoms with E-state index >= 15 is 0 Å². The quantitative estimate of drug-likeness (QED) is 0.549. The SMILES string of the molecule is C=CCCC(=O)OC(c1ccccc1)C(C)C.